The Hall–Kier alpha value is -1.59. The monoisotopic (exact) mass is 367 g/mol. The summed E-state index contributed by atoms with van der Waals surface area (Å²) in [7, 11) is 1.92. The Morgan fingerprint density at radius 3 is 2.64 bits per heavy atom. The maximum atomic E-state index is 12.8. The van der Waals surface area contributed by atoms with Crippen molar-refractivity contribution in [3.63, 3.8) is 0 Å². The predicted molar refractivity (Wildman–Crippen MR) is 104 cm³/mol. The number of amides is 2. The van der Waals surface area contributed by atoms with Gasteiger partial charge in [-0.15, -0.1) is 12.4 Å². The predicted octanol–water partition coefficient (Wildman–Crippen LogP) is 3.23. The molecule has 1 heterocycles. The number of carbonyl (C=O) groups excluding carboxylic acids is 2. The molecule has 2 rings (SSSR count). The molecule has 1 aliphatic heterocycles. The van der Waals surface area contributed by atoms with Gasteiger partial charge < -0.3 is 15.5 Å². The molecule has 0 bridgehead atoms. The number of hydrogen-bond donors (Lipinski definition) is 2. The van der Waals surface area contributed by atoms with Crippen molar-refractivity contribution in [2.24, 2.45) is 5.92 Å². The molecule has 0 saturated carbocycles. The molecule has 0 aliphatic carbocycles. The highest BCUT2D eigenvalue weighted by Crippen LogP contribution is 2.23. The Morgan fingerprint density at radius 1 is 1.32 bits per heavy atom. The van der Waals surface area contributed by atoms with Gasteiger partial charge in [-0.3, -0.25) is 9.59 Å². The van der Waals surface area contributed by atoms with E-state index >= 15 is 0 Å². The molecule has 25 heavy (non-hydrogen) atoms. The van der Waals surface area contributed by atoms with Crippen LogP contribution in [0.5, 0.6) is 0 Å². The first kappa shape index (κ1) is 21.5. The molecule has 2 amide bonds. The summed E-state index contributed by atoms with van der Waals surface area (Å²) in [6.07, 6.45) is 2.61. The topological polar surface area (TPSA) is 61.4 Å². The molecule has 1 unspecified atom stereocenters. The van der Waals surface area contributed by atoms with E-state index in [1.807, 2.05) is 50.9 Å². The molecule has 2 N–H and O–H groups in total. The number of anilines is 1. The fourth-order valence-corrected chi connectivity index (χ4v) is 3.23. The Bertz CT molecular complexity index is 604. The molecule has 6 heteroatoms. The van der Waals surface area contributed by atoms with Crippen LogP contribution in [-0.2, 0) is 4.79 Å². The van der Waals surface area contributed by atoms with Crippen LogP contribution in [0.25, 0.3) is 0 Å². The van der Waals surface area contributed by atoms with Crippen molar-refractivity contribution >= 4 is 29.9 Å². The number of carbonyl (C=O) groups is 2. The van der Waals surface area contributed by atoms with E-state index in [4.69, 9.17) is 0 Å². The summed E-state index contributed by atoms with van der Waals surface area (Å²) in [5, 5.41) is 6.09. The molecule has 5 nitrogen and oxygen atoms in total. The van der Waals surface area contributed by atoms with Crippen LogP contribution in [0.4, 0.5) is 5.69 Å². The molecule has 1 aromatic carbocycles. The van der Waals surface area contributed by atoms with Gasteiger partial charge in [0.15, 0.2) is 0 Å². The maximum absolute atomic E-state index is 12.8. The summed E-state index contributed by atoms with van der Waals surface area (Å²) in [4.78, 5) is 26.7. The van der Waals surface area contributed by atoms with Gasteiger partial charge in [0, 0.05) is 36.8 Å². The van der Waals surface area contributed by atoms with Gasteiger partial charge in [-0.05, 0) is 56.5 Å². The molecule has 0 radical (unpaired) electrons. The first-order valence-electron chi connectivity index (χ1n) is 8.78. The fraction of sp³-hybridized carbons (Fsp3) is 0.579. The second-order valence-corrected chi connectivity index (χ2v) is 7.03. The van der Waals surface area contributed by atoms with E-state index in [0.29, 0.717) is 17.9 Å². The zero-order chi connectivity index (χ0) is 17.7. The van der Waals surface area contributed by atoms with Crippen molar-refractivity contribution in [1.29, 1.82) is 0 Å². The highest BCUT2D eigenvalue weighted by Gasteiger charge is 2.28. The third-order valence-electron chi connectivity index (χ3n) is 4.42. The number of likely N-dealkylation sites (N-methyl/N-ethyl adjacent to an activating group) is 1. The van der Waals surface area contributed by atoms with Crippen LogP contribution in [0.3, 0.4) is 0 Å². The highest BCUT2D eigenvalue weighted by molar-refractivity contribution is 5.97. The molecule has 0 spiro atoms. The lowest BCUT2D eigenvalue weighted by atomic mass is 10.1. The van der Waals surface area contributed by atoms with Gasteiger partial charge in [0.2, 0.25) is 5.91 Å². The van der Waals surface area contributed by atoms with Crippen molar-refractivity contribution in [2.45, 2.75) is 46.1 Å². The first-order chi connectivity index (χ1) is 11.4. The lowest BCUT2D eigenvalue weighted by Crippen LogP contribution is -2.40. The smallest absolute Gasteiger partial charge is 0.254 e. The summed E-state index contributed by atoms with van der Waals surface area (Å²) in [6, 6.07) is 5.80. The minimum Gasteiger partial charge on any atom is -0.334 e. The Balaban J connectivity index is 0.00000312. The van der Waals surface area contributed by atoms with Crippen LogP contribution < -0.4 is 10.6 Å². The van der Waals surface area contributed by atoms with Crippen molar-refractivity contribution in [2.75, 3.05) is 25.5 Å². The van der Waals surface area contributed by atoms with Crippen molar-refractivity contribution in [3.05, 3.63) is 29.3 Å². The third kappa shape index (κ3) is 5.72. The third-order valence-corrected chi connectivity index (χ3v) is 4.42. The molecule has 1 aliphatic rings. The summed E-state index contributed by atoms with van der Waals surface area (Å²) in [5.74, 6) is 0.419. The number of nitrogens with zero attached hydrogens (tertiary/aromatic N) is 1. The van der Waals surface area contributed by atoms with Crippen LogP contribution in [0.1, 0.15) is 49.0 Å². The molecule has 1 aromatic rings. The number of hydrogen-bond acceptors (Lipinski definition) is 3. The fourth-order valence-electron chi connectivity index (χ4n) is 3.23. The number of halogens is 1. The Kier molecular flexibility index (Phi) is 8.39. The zero-order valence-electron chi connectivity index (χ0n) is 15.6. The number of benzene rings is 1. The van der Waals surface area contributed by atoms with E-state index < -0.39 is 0 Å². The minimum absolute atomic E-state index is 0. The average Bonchev–Trinajstić information content (AvgIpc) is 2.96. The molecular formula is C19H30ClN3O2. The molecule has 140 valence electrons. The summed E-state index contributed by atoms with van der Waals surface area (Å²) >= 11 is 0. The number of likely N-dealkylation sites (tertiary alicyclic amines) is 1. The molecular weight excluding hydrogens is 338 g/mol. The van der Waals surface area contributed by atoms with Crippen molar-refractivity contribution < 1.29 is 9.59 Å². The number of aryl methyl sites for hydroxylation is 1. The summed E-state index contributed by atoms with van der Waals surface area (Å²) in [5.41, 5.74) is 2.39. The van der Waals surface area contributed by atoms with E-state index in [1.54, 1.807) is 0 Å². The van der Waals surface area contributed by atoms with Gasteiger partial charge in [0.25, 0.3) is 5.91 Å². The van der Waals surface area contributed by atoms with Crippen LogP contribution in [-0.4, -0.2) is 42.9 Å². The Labute approximate surface area is 157 Å². The number of nitrogens with one attached hydrogen (secondary N) is 2. The zero-order valence-corrected chi connectivity index (χ0v) is 16.4. The highest BCUT2D eigenvalue weighted by atomic mass is 35.5. The van der Waals surface area contributed by atoms with Gasteiger partial charge in [-0.25, -0.2) is 0 Å². The maximum Gasteiger partial charge on any atom is 0.254 e. The first-order valence-corrected chi connectivity index (χ1v) is 8.78. The van der Waals surface area contributed by atoms with Gasteiger partial charge in [0.05, 0.1) is 0 Å². The molecule has 1 atom stereocenters. The van der Waals surface area contributed by atoms with E-state index in [1.165, 1.54) is 0 Å². The summed E-state index contributed by atoms with van der Waals surface area (Å²) < 4.78 is 0. The van der Waals surface area contributed by atoms with Crippen LogP contribution >= 0.6 is 12.4 Å². The second kappa shape index (κ2) is 9.78. The van der Waals surface area contributed by atoms with Crippen molar-refractivity contribution in [3.8, 4) is 0 Å². The lowest BCUT2D eigenvalue weighted by Gasteiger charge is -2.25. The quantitative estimate of drug-likeness (QED) is 0.811. The van der Waals surface area contributed by atoms with E-state index in [-0.39, 0.29) is 30.3 Å². The largest absolute Gasteiger partial charge is 0.334 e. The minimum atomic E-state index is 0. The standard InChI is InChI=1S/C19H29N3O2.ClH/c1-13(2)10-18(23)21-17-8-7-15(11-14(17)3)19(24)22-9-5-6-16(22)12-20-4;/h7-8,11,13,16,20H,5-6,9-10,12H2,1-4H3,(H,21,23);1H. The molecule has 0 aromatic heterocycles. The van der Waals surface area contributed by atoms with E-state index in [0.717, 1.165) is 37.2 Å². The van der Waals surface area contributed by atoms with Crippen LogP contribution in [0.15, 0.2) is 18.2 Å². The van der Waals surface area contributed by atoms with Crippen LogP contribution in [0.2, 0.25) is 0 Å². The summed E-state index contributed by atoms with van der Waals surface area (Å²) in [6.45, 7) is 7.61. The number of rotatable bonds is 6. The van der Waals surface area contributed by atoms with E-state index in [9.17, 15) is 9.59 Å². The Morgan fingerprint density at radius 2 is 2.04 bits per heavy atom. The SMILES string of the molecule is CNCC1CCCN1C(=O)c1ccc(NC(=O)CC(C)C)c(C)c1.Cl. The van der Waals surface area contributed by atoms with Crippen LogP contribution in [0, 0.1) is 12.8 Å². The lowest BCUT2D eigenvalue weighted by molar-refractivity contribution is -0.116. The van der Waals surface area contributed by atoms with Gasteiger partial charge in [-0.2, -0.15) is 0 Å². The van der Waals surface area contributed by atoms with E-state index in [2.05, 4.69) is 10.6 Å². The molecule has 1 saturated heterocycles. The average molecular weight is 368 g/mol. The second-order valence-electron chi connectivity index (χ2n) is 7.03. The molecule has 1 fully saturated rings. The van der Waals surface area contributed by atoms with Crippen molar-refractivity contribution in [1.82, 2.24) is 10.2 Å². The van der Waals surface area contributed by atoms with Gasteiger partial charge in [-0.1, -0.05) is 13.8 Å². The van der Waals surface area contributed by atoms with Gasteiger partial charge >= 0.3 is 0 Å². The van der Waals surface area contributed by atoms with Gasteiger partial charge in [0.1, 0.15) is 0 Å². The normalized spacial score (nSPS) is 16.7.